The molecular formula is C23H28N2O4. The molecule has 0 spiro atoms. The molecule has 0 saturated carbocycles. The van der Waals surface area contributed by atoms with Gasteiger partial charge in [0.1, 0.15) is 12.5 Å². The van der Waals surface area contributed by atoms with E-state index in [2.05, 4.69) is 30.7 Å². The molecule has 0 amide bonds. The van der Waals surface area contributed by atoms with Crippen molar-refractivity contribution in [2.24, 2.45) is 11.3 Å². The first-order chi connectivity index (χ1) is 13.9. The molecule has 6 nitrogen and oxygen atoms in total. The summed E-state index contributed by atoms with van der Waals surface area (Å²) < 4.78 is 11.2. The number of ether oxygens (including phenoxy) is 2. The average molecular weight is 396 g/mol. The van der Waals surface area contributed by atoms with Gasteiger partial charge in [-0.1, -0.05) is 20.4 Å². The molecule has 3 aliphatic rings. The minimum atomic E-state index is -0.664. The highest BCUT2D eigenvalue weighted by atomic mass is 16.6. The molecule has 3 heterocycles. The molecule has 1 aromatic heterocycles. The van der Waals surface area contributed by atoms with Crippen molar-refractivity contribution in [1.82, 2.24) is 10.3 Å². The second kappa shape index (κ2) is 7.75. The quantitative estimate of drug-likeness (QED) is 0.787. The van der Waals surface area contributed by atoms with Gasteiger partial charge in [0.05, 0.1) is 6.10 Å². The fraction of sp³-hybridized carbons (Fsp3) is 0.522. The second-order valence-corrected chi connectivity index (χ2v) is 8.98. The molecule has 1 fully saturated rings. The van der Waals surface area contributed by atoms with E-state index in [1.54, 1.807) is 12.4 Å². The van der Waals surface area contributed by atoms with Crippen molar-refractivity contribution in [3.05, 3.63) is 53.6 Å². The van der Waals surface area contributed by atoms with Gasteiger partial charge in [-0.3, -0.25) is 14.6 Å². The van der Waals surface area contributed by atoms with Gasteiger partial charge in [-0.2, -0.15) is 0 Å². The number of ketones is 1. The summed E-state index contributed by atoms with van der Waals surface area (Å²) in [6.45, 7) is 9.25. The standard InChI is InChI=1S/C23H28N2O4/c1-14-19(22(27)29-13-16-5-4-10-28-16)20(15-6-8-24-9-7-15)21-17(25-14)11-23(2,3)12-18(21)26/h6-9,16,19-20,25H,1,4-5,10-13H2,2-3H3. The number of carbonyl (C=O) groups is 2. The molecule has 3 unspecified atom stereocenters. The molecule has 0 bridgehead atoms. The van der Waals surface area contributed by atoms with Crippen molar-refractivity contribution in [2.75, 3.05) is 13.2 Å². The third-order valence-corrected chi connectivity index (χ3v) is 6.01. The summed E-state index contributed by atoms with van der Waals surface area (Å²) in [4.78, 5) is 30.4. The van der Waals surface area contributed by atoms with Crippen LogP contribution in [0.5, 0.6) is 0 Å². The highest BCUT2D eigenvalue weighted by molar-refractivity contribution is 6.00. The van der Waals surface area contributed by atoms with Gasteiger partial charge in [0.15, 0.2) is 5.78 Å². The van der Waals surface area contributed by atoms with Crippen molar-refractivity contribution in [2.45, 2.75) is 51.6 Å². The van der Waals surface area contributed by atoms with Crippen LogP contribution in [0.3, 0.4) is 0 Å². The van der Waals surface area contributed by atoms with E-state index in [4.69, 9.17) is 9.47 Å². The zero-order valence-electron chi connectivity index (χ0n) is 17.1. The first-order valence-corrected chi connectivity index (χ1v) is 10.3. The van der Waals surface area contributed by atoms with Gasteiger partial charge in [0, 0.05) is 48.3 Å². The Morgan fingerprint density at radius 1 is 1.34 bits per heavy atom. The second-order valence-electron chi connectivity index (χ2n) is 8.98. The minimum absolute atomic E-state index is 0.0463. The Hall–Kier alpha value is -2.47. The summed E-state index contributed by atoms with van der Waals surface area (Å²) in [6, 6.07) is 3.72. The Balaban J connectivity index is 1.68. The van der Waals surface area contributed by atoms with Crippen molar-refractivity contribution in [3.8, 4) is 0 Å². The van der Waals surface area contributed by atoms with Crippen LogP contribution in [0.25, 0.3) is 0 Å². The smallest absolute Gasteiger partial charge is 0.315 e. The number of aromatic nitrogens is 1. The summed E-state index contributed by atoms with van der Waals surface area (Å²) in [7, 11) is 0. The van der Waals surface area contributed by atoms with Gasteiger partial charge in [-0.05, 0) is 42.4 Å². The van der Waals surface area contributed by atoms with Crippen molar-refractivity contribution in [3.63, 3.8) is 0 Å². The fourth-order valence-electron chi connectivity index (χ4n) is 4.70. The number of carbonyl (C=O) groups excluding carboxylic acids is 2. The number of esters is 1. The fourth-order valence-corrected chi connectivity index (χ4v) is 4.70. The van der Waals surface area contributed by atoms with Gasteiger partial charge in [0.2, 0.25) is 0 Å². The first-order valence-electron chi connectivity index (χ1n) is 10.3. The monoisotopic (exact) mass is 396 g/mol. The molecule has 2 aliphatic heterocycles. The maximum atomic E-state index is 13.2. The minimum Gasteiger partial charge on any atom is -0.462 e. The number of hydrogen-bond acceptors (Lipinski definition) is 6. The van der Waals surface area contributed by atoms with Crippen LogP contribution in [0.15, 0.2) is 48.1 Å². The van der Waals surface area contributed by atoms with Crippen LogP contribution in [0, 0.1) is 11.3 Å². The van der Waals surface area contributed by atoms with E-state index in [9.17, 15) is 9.59 Å². The lowest BCUT2D eigenvalue weighted by molar-refractivity contribution is -0.151. The largest absolute Gasteiger partial charge is 0.462 e. The van der Waals surface area contributed by atoms with E-state index >= 15 is 0 Å². The molecule has 4 rings (SSSR count). The summed E-state index contributed by atoms with van der Waals surface area (Å²) in [5.41, 5.74) is 2.89. The van der Waals surface area contributed by atoms with E-state index < -0.39 is 11.8 Å². The number of allylic oxidation sites excluding steroid dienone is 2. The summed E-state index contributed by atoms with van der Waals surface area (Å²) in [5.74, 6) is -1.37. The number of hydrogen-bond donors (Lipinski definition) is 1. The first kappa shape index (κ1) is 19.8. The van der Waals surface area contributed by atoms with Crippen molar-refractivity contribution < 1.29 is 19.1 Å². The summed E-state index contributed by atoms with van der Waals surface area (Å²) in [6.07, 6.45) is 6.41. The van der Waals surface area contributed by atoms with Crippen LogP contribution in [0.1, 0.15) is 51.0 Å². The number of nitrogens with one attached hydrogen (secondary N) is 1. The molecule has 1 saturated heterocycles. The van der Waals surface area contributed by atoms with Crippen molar-refractivity contribution >= 4 is 11.8 Å². The highest BCUT2D eigenvalue weighted by Gasteiger charge is 2.46. The summed E-state index contributed by atoms with van der Waals surface area (Å²) >= 11 is 0. The Kier molecular flexibility index (Phi) is 5.30. The van der Waals surface area contributed by atoms with Gasteiger partial charge < -0.3 is 14.8 Å². The lowest BCUT2D eigenvalue weighted by Gasteiger charge is -2.42. The maximum Gasteiger partial charge on any atom is 0.315 e. The van der Waals surface area contributed by atoms with Crippen molar-refractivity contribution in [1.29, 1.82) is 0 Å². The molecule has 0 aromatic carbocycles. The van der Waals surface area contributed by atoms with E-state index in [1.165, 1.54) is 0 Å². The Morgan fingerprint density at radius 2 is 2.10 bits per heavy atom. The van der Waals surface area contributed by atoms with E-state index in [-0.39, 0.29) is 29.9 Å². The third kappa shape index (κ3) is 3.99. The predicted octanol–water partition coefficient (Wildman–Crippen LogP) is 3.26. The van der Waals surface area contributed by atoms with E-state index in [0.29, 0.717) is 24.3 Å². The molecular weight excluding hydrogens is 368 g/mol. The normalized spacial score (nSPS) is 28.7. The molecule has 1 aromatic rings. The molecule has 6 heteroatoms. The zero-order chi connectivity index (χ0) is 20.6. The van der Waals surface area contributed by atoms with Crippen LogP contribution in [0.2, 0.25) is 0 Å². The summed E-state index contributed by atoms with van der Waals surface area (Å²) in [5, 5.41) is 3.28. The van der Waals surface area contributed by atoms with Gasteiger partial charge >= 0.3 is 5.97 Å². The SMILES string of the molecule is C=C1NC2=C(C(=O)CC(C)(C)C2)C(c2ccncc2)C1C(=O)OCC1CCCO1. The van der Waals surface area contributed by atoms with Crippen LogP contribution in [-0.4, -0.2) is 36.1 Å². The lowest BCUT2D eigenvalue weighted by Crippen LogP contribution is -2.44. The van der Waals surface area contributed by atoms with E-state index in [1.807, 2.05) is 12.1 Å². The molecule has 3 atom stereocenters. The highest BCUT2D eigenvalue weighted by Crippen LogP contribution is 2.48. The average Bonchev–Trinajstić information content (AvgIpc) is 3.18. The molecule has 29 heavy (non-hydrogen) atoms. The van der Waals surface area contributed by atoms with E-state index in [0.717, 1.165) is 30.5 Å². The molecule has 1 N–H and O–H groups in total. The third-order valence-electron chi connectivity index (χ3n) is 6.01. The maximum absolute atomic E-state index is 13.2. The number of Topliss-reactive ketones (excluding diaryl/α,β-unsaturated/α-hetero) is 1. The number of rotatable bonds is 4. The topological polar surface area (TPSA) is 77.5 Å². The van der Waals surface area contributed by atoms with Crippen LogP contribution in [-0.2, 0) is 19.1 Å². The number of nitrogens with zero attached hydrogens (tertiary/aromatic N) is 1. The van der Waals surface area contributed by atoms with Gasteiger partial charge in [-0.15, -0.1) is 0 Å². The molecule has 0 radical (unpaired) electrons. The van der Waals surface area contributed by atoms with Crippen LogP contribution < -0.4 is 5.32 Å². The van der Waals surface area contributed by atoms with Gasteiger partial charge in [0.25, 0.3) is 0 Å². The Labute approximate surface area is 171 Å². The number of pyridine rings is 1. The van der Waals surface area contributed by atoms with Crippen LogP contribution in [0.4, 0.5) is 0 Å². The molecule has 154 valence electrons. The van der Waals surface area contributed by atoms with Crippen LogP contribution >= 0.6 is 0 Å². The lowest BCUT2D eigenvalue weighted by atomic mass is 9.66. The predicted molar refractivity (Wildman–Crippen MR) is 108 cm³/mol. The Morgan fingerprint density at radius 3 is 2.79 bits per heavy atom. The Bertz CT molecular complexity index is 853. The zero-order valence-corrected chi connectivity index (χ0v) is 17.1. The molecule has 1 aliphatic carbocycles. The van der Waals surface area contributed by atoms with Gasteiger partial charge in [-0.25, -0.2) is 0 Å².